The van der Waals surface area contributed by atoms with Crippen LogP contribution in [0, 0.1) is 6.92 Å². The van der Waals surface area contributed by atoms with Crippen molar-refractivity contribution in [1.82, 2.24) is 19.6 Å². The molecular formula is C22H31N5O. The second-order valence-corrected chi connectivity index (χ2v) is 8.11. The predicted octanol–water partition coefficient (Wildman–Crippen LogP) is 2.82. The smallest absolute Gasteiger partial charge is 0.256 e. The molecule has 1 atom stereocenters. The Morgan fingerprint density at radius 3 is 2.75 bits per heavy atom. The van der Waals surface area contributed by atoms with Gasteiger partial charge in [0.1, 0.15) is 5.82 Å². The van der Waals surface area contributed by atoms with E-state index >= 15 is 0 Å². The zero-order valence-electron chi connectivity index (χ0n) is 17.2. The molecule has 1 N–H and O–H groups in total. The largest absolute Gasteiger partial charge is 0.307 e. The number of nitrogens with one attached hydrogen (secondary N) is 1. The third-order valence-electron chi connectivity index (χ3n) is 6.23. The fourth-order valence-electron chi connectivity index (χ4n) is 4.68. The Hall–Kier alpha value is -2.18. The average molecular weight is 382 g/mol. The van der Waals surface area contributed by atoms with Crippen LogP contribution in [0.3, 0.4) is 0 Å². The normalized spacial score (nSPS) is 20.3. The van der Waals surface area contributed by atoms with Crippen molar-refractivity contribution in [2.45, 2.75) is 45.7 Å². The minimum atomic E-state index is -0.0798. The molecule has 0 aliphatic carbocycles. The van der Waals surface area contributed by atoms with Gasteiger partial charge in [-0.1, -0.05) is 19.1 Å². The van der Waals surface area contributed by atoms with Crippen molar-refractivity contribution in [3.05, 3.63) is 46.6 Å². The number of carbonyl (C=O) groups is 1. The Labute approximate surface area is 167 Å². The van der Waals surface area contributed by atoms with Gasteiger partial charge < -0.3 is 5.32 Å². The number of hydrogen-bond acceptors (Lipinski definition) is 4. The number of fused-ring (bicyclic) bond motifs is 1. The third-order valence-corrected chi connectivity index (χ3v) is 6.23. The summed E-state index contributed by atoms with van der Waals surface area (Å²) in [7, 11) is 1.87. The van der Waals surface area contributed by atoms with Crippen molar-refractivity contribution in [2.75, 3.05) is 31.5 Å². The maximum absolute atomic E-state index is 12.7. The first kappa shape index (κ1) is 19.2. The molecule has 2 fully saturated rings. The molecule has 28 heavy (non-hydrogen) atoms. The van der Waals surface area contributed by atoms with Gasteiger partial charge in [0, 0.05) is 50.4 Å². The minimum absolute atomic E-state index is 0.0798. The predicted molar refractivity (Wildman–Crippen MR) is 112 cm³/mol. The highest BCUT2D eigenvalue weighted by molar-refractivity contribution is 6.04. The fraction of sp³-hybridized carbons (Fsp3) is 0.545. The molecule has 2 aliphatic rings. The van der Waals surface area contributed by atoms with E-state index < -0.39 is 0 Å². The number of rotatable bonds is 5. The van der Waals surface area contributed by atoms with Crippen LogP contribution in [0.4, 0.5) is 5.82 Å². The summed E-state index contributed by atoms with van der Waals surface area (Å²) < 4.78 is 1.75. The van der Waals surface area contributed by atoms with Crippen molar-refractivity contribution in [3.63, 3.8) is 0 Å². The van der Waals surface area contributed by atoms with Crippen LogP contribution < -0.4 is 5.32 Å². The van der Waals surface area contributed by atoms with Gasteiger partial charge in [-0.3, -0.25) is 19.3 Å². The molecule has 4 rings (SSSR count). The summed E-state index contributed by atoms with van der Waals surface area (Å²) in [5.41, 5.74) is 4.02. The SMILES string of the molecule is CCc1c(C)nn(C)c1NC(=O)c1ccc(CN2CCN3CCCC3C2)cc1. The molecule has 1 aromatic carbocycles. The van der Waals surface area contributed by atoms with Gasteiger partial charge in [0.2, 0.25) is 0 Å². The summed E-state index contributed by atoms with van der Waals surface area (Å²) in [4.78, 5) is 17.9. The number of aryl methyl sites for hydroxylation is 2. The molecule has 2 aromatic rings. The van der Waals surface area contributed by atoms with Crippen LogP contribution in [-0.4, -0.2) is 57.7 Å². The summed E-state index contributed by atoms with van der Waals surface area (Å²) in [6.45, 7) is 9.80. The number of benzene rings is 1. The molecule has 0 saturated carbocycles. The summed E-state index contributed by atoms with van der Waals surface area (Å²) in [6, 6.07) is 8.79. The monoisotopic (exact) mass is 381 g/mol. The lowest BCUT2D eigenvalue weighted by Crippen LogP contribution is -2.49. The van der Waals surface area contributed by atoms with Gasteiger partial charge in [-0.2, -0.15) is 5.10 Å². The summed E-state index contributed by atoms with van der Waals surface area (Å²) in [6.07, 6.45) is 3.53. The second kappa shape index (κ2) is 8.05. The summed E-state index contributed by atoms with van der Waals surface area (Å²) in [5, 5.41) is 7.46. The van der Waals surface area contributed by atoms with Crippen molar-refractivity contribution < 1.29 is 4.79 Å². The van der Waals surface area contributed by atoms with Crippen LogP contribution in [0.15, 0.2) is 24.3 Å². The lowest BCUT2D eigenvalue weighted by Gasteiger charge is -2.37. The van der Waals surface area contributed by atoms with Gasteiger partial charge in [0.25, 0.3) is 5.91 Å². The van der Waals surface area contributed by atoms with Crippen LogP contribution in [-0.2, 0) is 20.0 Å². The second-order valence-electron chi connectivity index (χ2n) is 8.11. The van der Waals surface area contributed by atoms with Crippen LogP contribution in [0.1, 0.15) is 46.9 Å². The van der Waals surface area contributed by atoms with E-state index in [0.29, 0.717) is 5.56 Å². The first-order valence-corrected chi connectivity index (χ1v) is 10.4. The Morgan fingerprint density at radius 1 is 1.21 bits per heavy atom. The molecule has 0 radical (unpaired) electrons. The molecule has 150 valence electrons. The number of amides is 1. The van der Waals surface area contributed by atoms with E-state index in [1.54, 1.807) is 4.68 Å². The molecule has 0 bridgehead atoms. The van der Waals surface area contributed by atoms with E-state index in [4.69, 9.17) is 0 Å². The van der Waals surface area contributed by atoms with Crippen LogP contribution in [0.25, 0.3) is 0 Å². The Bertz CT molecular complexity index is 841. The molecule has 2 saturated heterocycles. The van der Waals surface area contributed by atoms with Crippen molar-refractivity contribution in [1.29, 1.82) is 0 Å². The van der Waals surface area contributed by atoms with Crippen molar-refractivity contribution in [3.8, 4) is 0 Å². The highest BCUT2D eigenvalue weighted by Gasteiger charge is 2.30. The summed E-state index contributed by atoms with van der Waals surface area (Å²) in [5.74, 6) is 0.715. The van der Waals surface area contributed by atoms with Crippen molar-refractivity contribution in [2.24, 2.45) is 7.05 Å². The van der Waals surface area contributed by atoms with Gasteiger partial charge in [-0.25, -0.2) is 0 Å². The Kier molecular flexibility index (Phi) is 5.51. The molecule has 1 unspecified atom stereocenters. The molecule has 3 heterocycles. The van der Waals surface area contributed by atoms with Gasteiger partial charge in [-0.15, -0.1) is 0 Å². The van der Waals surface area contributed by atoms with E-state index in [2.05, 4.69) is 39.3 Å². The van der Waals surface area contributed by atoms with Gasteiger partial charge >= 0.3 is 0 Å². The number of anilines is 1. The molecular weight excluding hydrogens is 350 g/mol. The standard InChI is InChI=1S/C22H31N5O/c1-4-20-16(2)24-25(3)21(20)23-22(28)18-9-7-17(8-10-18)14-26-12-13-27-11-5-6-19(27)15-26/h7-10,19H,4-6,11-15H2,1-3H3,(H,23,28). The lowest BCUT2D eigenvalue weighted by atomic mass is 10.1. The number of nitrogens with zero attached hydrogens (tertiary/aromatic N) is 4. The van der Waals surface area contributed by atoms with Gasteiger partial charge in [-0.05, 0) is 50.4 Å². The van der Waals surface area contributed by atoms with E-state index in [-0.39, 0.29) is 5.91 Å². The van der Waals surface area contributed by atoms with E-state index in [9.17, 15) is 4.79 Å². The van der Waals surface area contributed by atoms with Crippen LogP contribution in [0.5, 0.6) is 0 Å². The first-order chi connectivity index (χ1) is 13.5. The Morgan fingerprint density at radius 2 is 2.00 bits per heavy atom. The zero-order chi connectivity index (χ0) is 19.7. The minimum Gasteiger partial charge on any atom is -0.307 e. The number of aromatic nitrogens is 2. The van der Waals surface area contributed by atoms with Crippen LogP contribution >= 0.6 is 0 Å². The average Bonchev–Trinajstić information content (AvgIpc) is 3.25. The number of piperazine rings is 1. The zero-order valence-corrected chi connectivity index (χ0v) is 17.2. The number of hydrogen-bond donors (Lipinski definition) is 1. The quantitative estimate of drug-likeness (QED) is 0.865. The molecule has 6 heteroatoms. The molecule has 1 aromatic heterocycles. The highest BCUT2D eigenvalue weighted by Crippen LogP contribution is 2.23. The molecule has 6 nitrogen and oxygen atoms in total. The third kappa shape index (κ3) is 3.84. The van der Waals surface area contributed by atoms with E-state index in [1.807, 2.05) is 26.1 Å². The van der Waals surface area contributed by atoms with Crippen molar-refractivity contribution >= 4 is 11.7 Å². The number of carbonyl (C=O) groups excluding carboxylic acids is 1. The lowest BCUT2D eigenvalue weighted by molar-refractivity contribution is 0.0993. The van der Waals surface area contributed by atoms with Gasteiger partial charge in [0.05, 0.1) is 5.69 Å². The van der Waals surface area contributed by atoms with Crippen LogP contribution in [0.2, 0.25) is 0 Å². The molecule has 2 aliphatic heterocycles. The fourth-order valence-corrected chi connectivity index (χ4v) is 4.68. The van der Waals surface area contributed by atoms with E-state index in [0.717, 1.165) is 42.6 Å². The highest BCUT2D eigenvalue weighted by atomic mass is 16.1. The Balaban J connectivity index is 1.38. The first-order valence-electron chi connectivity index (χ1n) is 10.4. The molecule has 1 amide bonds. The van der Waals surface area contributed by atoms with Gasteiger partial charge in [0.15, 0.2) is 0 Å². The summed E-state index contributed by atoms with van der Waals surface area (Å²) >= 11 is 0. The maximum Gasteiger partial charge on any atom is 0.256 e. The maximum atomic E-state index is 12.7. The molecule has 0 spiro atoms. The topological polar surface area (TPSA) is 53.4 Å². The van der Waals surface area contributed by atoms with E-state index in [1.165, 1.54) is 38.0 Å².